The maximum absolute atomic E-state index is 12.5. The van der Waals surface area contributed by atoms with E-state index in [-0.39, 0.29) is 12.4 Å². The molecule has 8 nitrogen and oxygen atoms in total. The van der Waals surface area contributed by atoms with Gasteiger partial charge in [-0.25, -0.2) is 0 Å². The van der Waals surface area contributed by atoms with Crippen LogP contribution in [0.3, 0.4) is 0 Å². The number of nitrogens with zero attached hydrogens (tertiary/aromatic N) is 4. The van der Waals surface area contributed by atoms with Crippen molar-refractivity contribution in [2.45, 2.75) is 6.54 Å². The largest absolute Gasteiger partial charge is 0.497 e. The van der Waals surface area contributed by atoms with E-state index in [0.29, 0.717) is 27.8 Å². The first-order valence-electron chi connectivity index (χ1n) is 8.60. The van der Waals surface area contributed by atoms with Gasteiger partial charge in [0.1, 0.15) is 12.3 Å². The normalized spacial score (nSPS) is 10.8. The summed E-state index contributed by atoms with van der Waals surface area (Å²) in [6.07, 6.45) is 3.00. The fourth-order valence-electron chi connectivity index (χ4n) is 2.78. The number of hydrogen-bond acceptors (Lipinski definition) is 6. The second-order valence-electron chi connectivity index (χ2n) is 6.13. The van der Waals surface area contributed by atoms with Crippen LogP contribution in [0.2, 0.25) is 5.02 Å². The maximum atomic E-state index is 12.5. The highest BCUT2D eigenvalue weighted by Gasteiger charge is 2.13. The standard InChI is InChI=1S/C20H15ClN4O4/c1-28-16-4-2-3-13(11-16)18-22-17(29-23-18)12-24-9-10-25(20(27)19(24)26)15-7-5-14(21)6-8-15/h2-11H,12H2,1H3. The summed E-state index contributed by atoms with van der Waals surface area (Å²) in [5.41, 5.74) is -0.141. The van der Waals surface area contributed by atoms with Gasteiger partial charge >= 0.3 is 11.1 Å². The molecule has 0 aliphatic heterocycles. The first kappa shape index (κ1) is 18.7. The Morgan fingerprint density at radius 2 is 1.86 bits per heavy atom. The Bertz CT molecular complexity index is 1270. The molecular weight excluding hydrogens is 396 g/mol. The first-order valence-corrected chi connectivity index (χ1v) is 8.98. The minimum atomic E-state index is -0.705. The molecular formula is C20H15ClN4O4. The molecule has 0 amide bonds. The number of aromatic nitrogens is 4. The Balaban J connectivity index is 1.61. The Morgan fingerprint density at radius 1 is 1.07 bits per heavy atom. The van der Waals surface area contributed by atoms with Gasteiger partial charge in [-0.1, -0.05) is 28.9 Å². The fourth-order valence-corrected chi connectivity index (χ4v) is 2.91. The molecule has 2 aromatic heterocycles. The molecule has 2 heterocycles. The fraction of sp³-hybridized carbons (Fsp3) is 0.100. The third-order valence-corrected chi connectivity index (χ3v) is 4.52. The highest BCUT2D eigenvalue weighted by Crippen LogP contribution is 2.21. The van der Waals surface area contributed by atoms with Gasteiger partial charge < -0.3 is 9.26 Å². The molecule has 0 atom stereocenters. The van der Waals surface area contributed by atoms with Crippen LogP contribution in [0.15, 0.2) is 75.0 Å². The van der Waals surface area contributed by atoms with E-state index >= 15 is 0 Å². The lowest BCUT2D eigenvalue weighted by Crippen LogP contribution is -2.40. The molecule has 0 N–H and O–H groups in total. The third kappa shape index (κ3) is 3.83. The van der Waals surface area contributed by atoms with Gasteiger partial charge in [-0.15, -0.1) is 0 Å². The van der Waals surface area contributed by atoms with Crippen molar-refractivity contribution in [1.29, 1.82) is 0 Å². The number of rotatable bonds is 5. The monoisotopic (exact) mass is 410 g/mol. The number of hydrogen-bond donors (Lipinski definition) is 0. The summed E-state index contributed by atoms with van der Waals surface area (Å²) in [7, 11) is 1.57. The highest BCUT2D eigenvalue weighted by atomic mass is 35.5. The molecule has 4 rings (SSSR count). The van der Waals surface area contributed by atoms with Crippen molar-refractivity contribution in [2.24, 2.45) is 0 Å². The Labute approximate surface area is 169 Å². The summed E-state index contributed by atoms with van der Waals surface area (Å²) in [6, 6.07) is 13.8. The summed E-state index contributed by atoms with van der Waals surface area (Å²) in [5.74, 6) is 1.23. The zero-order chi connectivity index (χ0) is 20.4. The zero-order valence-corrected chi connectivity index (χ0v) is 16.0. The molecule has 0 saturated carbocycles. The van der Waals surface area contributed by atoms with Crippen molar-refractivity contribution in [3.05, 3.63) is 92.5 Å². The van der Waals surface area contributed by atoms with Gasteiger partial charge in [0, 0.05) is 28.7 Å². The van der Waals surface area contributed by atoms with Crippen LogP contribution in [0.5, 0.6) is 5.75 Å². The van der Waals surface area contributed by atoms with Gasteiger partial charge in [0.15, 0.2) is 0 Å². The average molecular weight is 411 g/mol. The minimum Gasteiger partial charge on any atom is -0.497 e. The Kier molecular flexibility index (Phi) is 5.01. The molecule has 0 fully saturated rings. The first-order chi connectivity index (χ1) is 14.0. The van der Waals surface area contributed by atoms with Crippen LogP contribution in [0, 0.1) is 0 Å². The smallest absolute Gasteiger partial charge is 0.320 e. The van der Waals surface area contributed by atoms with Crippen molar-refractivity contribution >= 4 is 11.6 Å². The molecule has 0 bridgehead atoms. The maximum Gasteiger partial charge on any atom is 0.320 e. The van der Waals surface area contributed by atoms with Crippen LogP contribution in [0.4, 0.5) is 0 Å². The molecule has 0 aliphatic rings. The molecule has 0 aliphatic carbocycles. The zero-order valence-electron chi connectivity index (χ0n) is 15.3. The number of halogens is 1. The Morgan fingerprint density at radius 3 is 2.62 bits per heavy atom. The highest BCUT2D eigenvalue weighted by molar-refractivity contribution is 6.30. The number of ether oxygens (including phenoxy) is 1. The van der Waals surface area contributed by atoms with Gasteiger partial charge in [0.2, 0.25) is 11.7 Å². The number of methoxy groups -OCH3 is 1. The van der Waals surface area contributed by atoms with Gasteiger partial charge in [-0.2, -0.15) is 4.98 Å². The molecule has 9 heteroatoms. The SMILES string of the molecule is COc1cccc(-c2noc(Cn3ccn(-c4ccc(Cl)cc4)c(=O)c3=O)n2)c1. The summed E-state index contributed by atoms with van der Waals surface area (Å²) in [4.78, 5) is 29.3. The quantitative estimate of drug-likeness (QED) is 0.470. The van der Waals surface area contributed by atoms with Crippen molar-refractivity contribution in [2.75, 3.05) is 7.11 Å². The molecule has 0 spiro atoms. The molecule has 2 aromatic carbocycles. The van der Waals surface area contributed by atoms with E-state index in [4.69, 9.17) is 20.9 Å². The second-order valence-corrected chi connectivity index (χ2v) is 6.56. The van der Waals surface area contributed by atoms with E-state index in [1.54, 1.807) is 43.5 Å². The average Bonchev–Trinajstić information content (AvgIpc) is 3.21. The van der Waals surface area contributed by atoms with Crippen LogP contribution in [0.25, 0.3) is 17.1 Å². The number of benzene rings is 2. The van der Waals surface area contributed by atoms with Gasteiger partial charge in [0.05, 0.1) is 7.11 Å². The molecule has 0 unspecified atom stereocenters. The third-order valence-electron chi connectivity index (χ3n) is 4.26. The van der Waals surface area contributed by atoms with Crippen molar-refractivity contribution in [3.63, 3.8) is 0 Å². The van der Waals surface area contributed by atoms with Gasteiger partial charge in [-0.05, 0) is 36.4 Å². The van der Waals surface area contributed by atoms with Gasteiger partial charge in [-0.3, -0.25) is 18.7 Å². The van der Waals surface area contributed by atoms with Crippen LogP contribution in [-0.4, -0.2) is 26.4 Å². The van der Waals surface area contributed by atoms with E-state index < -0.39 is 11.1 Å². The summed E-state index contributed by atoms with van der Waals surface area (Å²) >= 11 is 5.87. The van der Waals surface area contributed by atoms with E-state index in [9.17, 15) is 9.59 Å². The lowest BCUT2D eigenvalue weighted by atomic mass is 10.2. The topological polar surface area (TPSA) is 92.2 Å². The van der Waals surface area contributed by atoms with Crippen LogP contribution < -0.4 is 15.9 Å². The van der Waals surface area contributed by atoms with Crippen molar-refractivity contribution in [1.82, 2.24) is 19.3 Å². The molecule has 146 valence electrons. The predicted molar refractivity (Wildman–Crippen MR) is 107 cm³/mol. The predicted octanol–water partition coefficient (Wildman–Crippen LogP) is 2.76. The van der Waals surface area contributed by atoms with E-state index in [2.05, 4.69) is 10.1 Å². The van der Waals surface area contributed by atoms with Gasteiger partial charge in [0.25, 0.3) is 0 Å². The molecule has 0 radical (unpaired) electrons. The van der Waals surface area contributed by atoms with E-state index in [1.807, 2.05) is 12.1 Å². The molecule has 0 saturated heterocycles. The van der Waals surface area contributed by atoms with E-state index in [1.165, 1.54) is 21.5 Å². The van der Waals surface area contributed by atoms with Crippen molar-refractivity contribution < 1.29 is 9.26 Å². The van der Waals surface area contributed by atoms with Crippen LogP contribution in [0.1, 0.15) is 5.89 Å². The Hall–Kier alpha value is -3.65. The van der Waals surface area contributed by atoms with Crippen LogP contribution in [-0.2, 0) is 6.54 Å². The minimum absolute atomic E-state index is 0.0213. The van der Waals surface area contributed by atoms with Crippen LogP contribution >= 0.6 is 11.6 Å². The summed E-state index contributed by atoms with van der Waals surface area (Å²) in [5, 5.41) is 4.47. The molecule has 4 aromatic rings. The van der Waals surface area contributed by atoms with E-state index in [0.717, 1.165) is 0 Å². The lowest BCUT2D eigenvalue weighted by molar-refractivity contribution is 0.369. The second kappa shape index (κ2) is 7.76. The van der Waals surface area contributed by atoms with Crippen molar-refractivity contribution in [3.8, 4) is 22.8 Å². The molecule has 29 heavy (non-hydrogen) atoms. The summed E-state index contributed by atoms with van der Waals surface area (Å²) < 4.78 is 12.9. The lowest BCUT2D eigenvalue weighted by Gasteiger charge is -2.07. The summed E-state index contributed by atoms with van der Waals surface area (Å²) in [6.45, 7) is -0.0213.